The number of phenolic OH excluding ortho intramolecular Hbond substituents is 1. The number of aldehydes is 1. The first-order valence-electron chi connectivity index (χ1n) is 5.32. The van der Waals surface area contributed by atoms with Crippen molar-refractivity contribution in [2.45, 2.75) is 12.5 Å². The molecule has 0 bridgehead atoms. The molecular weight excluding hydrogens is 206 g/mol. The highest BCUT2D eigenvalue weighted by atomic mass is 16.5. The molecule has 1 heterocycles. The van der Waals surface area contributed by atoms with Crippen LogP contribution < -0.4 is 4.74 Å². The van der Waals surface area contributed by atoms with Gasteiger partial charge in [-0.05, 0) is 18.6 Å². The minimum absolute atomic E-state index is 0.147. The Balaban J connectivity index is 2.32. The van der Waals surface area contributed by atoms with E-state index in [1.165, 1.54) is 13.2 Å². The Bertz CT molecular complexity index is 388. The van der Waals surface area contributed by atoms with Crippen LogP contribution in [0.2, 0.25) is 0 Å². The fourth-order valence-corrected chi connectivity index (χ4v) is 1.92. The van der Waals surface area contributed by atoms with Crippen molar-refractivity contribution in [1.29, 1.82) is 0 Å². The van der Waals surface area contributed by atoms with Gasteiger partial charge in [0.15, 0.2) is 0 Å². The van der Waals surface area contributed by atoms with Gasteiger partial charge in [-0.2, -0.15) is 0 Å². The summed E-state index contributed by atoms with van der Waals surface area (Å²) in [4.78, 5) is 13.2. The number of phenols is 1. The molecule has 4 heteroatoms. The number of carbonyl (C=O) groups excluding carboxylic acids is 1. The first-order chi connectivity index (χ1) is 7.76. The molecule has 1 aromatic rings. The van der Waals surface area contributed by atoms with Crippen molar-refractivity contribution in [3.05, 3.63) is 23.8 Å². The lowest BCUT2D eigenvalue weighted by Gasteiger charge is -2.36. The van der Waals surface area contributed by atoms with E-state index in [1.54, 1.807) is 12.1 Å². The fraction of sp³-hybridized carbons (Fsp3) is 0.417. The van der Waals surface area contributed by atoms with Crippen molar-refractivity contribution in [3.8, 4) is 11.5 Å². The third-order valence-electron chi connectivity index (χ3n) is 2.95. The number of nitrogens with zero attached hydrogens (tertiary/aromatic N) is 1. The van der Waals surface area contributed by atoms with Gasteiger partial charge >= 0.3 is 0 Å². The van der Waals surface area contributed by atoms with Gasteiger partial charge in [-0.1, -0.05) is 0 Å². The van der Waals surface area contributed by atoms with Crippen molar-refractivity contribution < 1.29 is 14.6 Å². The second-order valence-corrected chi connectivity index (χ2v) is 3.90. The lowest BCUT2D eigenvalue weighted by Crippen LogP contribution is -2.40. The van der Waals surface area contributed by atoms with Gasteiger partial charge in [-0.3, -0.25) is 4.90 Å². The molecule has 2 rings (SSSR count). The number of likely N-dealkylation sites (tertiary alicyclic amines) is 1. The summed E-state index contributed by atoms with van der Waals surface area (Å²) in [5.74, 6) is 0.706. The van der Waals surface area contributed by atoms with Crippen molar-refractivity contribution in [3.63, 3.8) is 0 Å². The molecule has 1 aliphatic rings. The molecule has 1 atom stereocenters. The summed E-state index contributed by atoms with van der Waals surface area (Å²) in [6.07, 6.45) is 2.05. The molecule has 0 aliphatic carbocycles. The molecule has 1 saturated heterocycles. The highest BCUT2D eigenvalue weighted by Crippen LogP contribution is 2.33. The third-order valence-corrected chi connectivity index (χ3v) is 2.95. The van der Waals surface area contributed by atoms with Gasteiger partial charge in [-0.25, -0.2) is 0 Å². The van der Waals surface area contributed by atoms with Crippen LogP contribution in [0, 0.1) is 0 Å². The van der Waals surface area contributed by atoms with Crippen LogP contribution in [0.25, 0.3) is 0 Å². The maximum absolute atomic E-state index is 11.1. The van der Waals surface area contributed by atoms with E-state index in [1.807, 2.05) is 0 Å². The number of hydrogen-bond donors (Lipinski definition) is 1. The molecule has 0 radical (unpaired) electrons. The van der Waals surface area contributed by atoms with Crippen LogP contribution >= 0.6 is 0 Å². The first-order valence-corrected chi connectivity index (χ1v) is 5.32. The normalized spacial score (nSPS) is 17.6. The van der Waals surface area contributed by atoms with E-state index in [0.29, 0.717) is 5.75 Å². The topological polar surface area (TPSA) is 49.8 Å². The lowest BCUT2D eigenvalue weighted by molar-refractivity contribution is -0.114. The van der Waals surface area contributed by atoms with Crippen LogP contribution in [-0.2, 0) is 4.79 Å². The Morgan fingerprint density at radius 1 is 1.50 bits per heavy atom. The van der Waals surface area contributed by atoms with E-state index >= 15 is 0 Å². The molecular formula is C12H15NO3. The molecule has 4 nitrogen and oxygen atoms in total. The van der Waals surface area contributed by atoms with Crippen LogP contribution in [0.3, 0.4) is 0 Å². The minimum Gasteiger partial charge on any atom is -0.508 e. The number of ether oxygens (including phenoxy) is 1. The molecule has 1 aliphatic heterocycles. The quantitative estimate of drug-likeness (QED) is 0.780. The second-order valence-electron chi connectivity index (χ2n) is 3.90. The monoisotopic (exact) mass is 221 g/mol. The van der Waals surface area contributed by atoms with Crippen LogP contribution in [0.5, 0.6) is 11.5 Å². The summed E-state index contributed by atoms with van der Waals surface area (Å²) in [6.45, 7) is 1.88. The van der Waals surface area contributed by atoms with Gasteiger partial charge < -0.3 is 14.6 Å². The van der Waals surface area contributed by atoms with Crippen molar-refractivity contribution >= 4 is 6.29 Å². The minimum atomic E-state index is -0.260. The number of aromatic hydroxyl groups is 1. The van der Waals surface area contributed by atoms with Crippen molar-refractivity contribution in [1.82, 2.24) is 4.90 Å². The third kappa shape index (κ3) is 1.88. The summed E-state index contributed by atoms with van der Waals surface area (Å²) in [5, 5.41) is 9.35. The molecule has 1 fully saturated rings. The zero-order valence-corrected chi connectivity index (χ0v) is 9.22. The highest BCUT2D eigenvalue weighted by Gasteiger charge is 2.27. The molecule has 86 valence electrons. The lowest BCUT2D eigenvalue weighted by atomic mass is 10.0. The van der Waals surface area contributed by atoms with E-state index in [0.717, 1.165) is 31.4 Å². The standard InChI is InChI=1S/C12H15NO3/c1-16-12-7-9(15)3-4-10(12)11(8-14)13-5-2-6-13/h3-4,7-8,11,15H,2,5-6H2,1H3. The molecule has 0 aromatic heterocycles. The number of methoxy groups -OCH3 is 1. The van der Waals surface area contributed by atoms with Crippen molar-refractivity contribution in [2.24, 2.45) is 0 Å². The van der Waals surface area contributed by atoms with Crippen LogP contribution in [0.1, 0.15) is 18.0 Å². The summed E-state index contributed by atoms with van der Waals surface area (Å²) >= 11 is 0. The van der Waals surface area contributed by atoms with Crippen LogP contribution in [-0.4, -0.2) is 36.5 Å². The summed E-state index contributed by atoms with van der Waals surface area (Å²) in [7, 11) is 1.54. The van der Waals surface area contributed by atoms with Gasteiger partial charge in [0.25, 0.3) is 0 Å². The first kappa shape index (κ1) is 11.0. The van der Waals surface area contributed by atoms with Gasteiger partial charge in [0.1, 0.15) is 17.8 Å². The average molecular weight is 221 g/mol. The SMILES string of the molecule is COc1cc(O)ccc1C(C=O)N1CCC1. The maximum atomic E-state index is 11.1. The van der Waals surface area contributed by atoms with Gasteiger partial charge in [0.05, 0.1) is 13.2 Å². The van der Waals surface area contributed by atoms with E-state index in [2.05, 4.69) is 4.90 Å². The zero-order chi connectivity index (χ0) is 11.5. The summed E-state index contributed by atoms with van der Waals surface area (Å²) in [5.41, 5.74) is 0.815. The maximum Gasteiger partial charge on any atom is 0.141 e. The fourth-order valence-electron chi connectivity index (χ4n) is 1.92. The van der Waals surface area contributed by atoms with Gasteiger partial charge in [-0.15, -0.1) is 0 Å². The molecule has 0 amide bonds. The number of hydrogen-bond acceptors (Lipinski definition) is 4. The molecule has 0 spiro atoms. The highest BCUT2D eigenvalue weighted by molar-refractivity contribution is 5.64. The van der Waals surface area contributed by atoms with Crippen LogP contribution in [0.4, 0.5) is 0 Å². The molecule has 0 saturated carbocycles. The smallest absolute Gasteiger partial charge is 0.141 e. The summed E-state index contributed by atoms with van der Waals surface area (Å²) < 4.78 is 5.18. The van der Waals surface area contributed by atoms with E-state index < -0.39 is 0 Å². The predicted octanol–water partition coefficient (Wildman–Crippen LogP) is 1.35. The Labute approximate surface area is 94.4 Å². The second kappa shape index (κ2) is 4.53. The zero-order valence-electron chi connectivity index (χ0n) is 9.22. The van der Waals surface area contributed by atoms with E-state index in [9.17, 15) is 9.90 Å². The predicted molar refractivity (Wildman–Crippen MR) is 59.7 cm³/mol. The van der Waals surface area contributed by atoms with Crippen LogP contribution in [0.15, 0.2) is 18.2 Å². The van der Waals surface area contributed by atoms with Gasteiger partial charge in [0.2, 0.25) is 0 Å². The summed E-state index contributed by atoms with van der Waals surface area (Å²) in [6, 6.07) is 4.59. The Morgan fingerprint density at radius 2 is 2.25 bits per heavy atom. The Kier molecular flexibility index (Phi) is 3.10. The Hall–Kier alpha value is -1.55. The molecule has 1 aromatic carbocycles. The van der Waals surface area contributed by atoms with Crippen molar-refractivity contribution in [2.75, 3.05) is 20.2 Å². The number of rotatable bonds is 4. The number of benzene rings is 1. The largest absolute Gasteiger partial charge is 0.508 e. The Morgan fingerprint density at radius 3 is 2.75 bits per heavy atom. The van der Waals surface area contributed by atoms with Gasteiger partial charge in [0, 0.05) is 24.7 Å². The molecule has 1 N–H and O–H groups in total. The average Bonchev–Trinajstić information content (AvgIpc) is 2.23. The van der Waals surface area contributed by atoms with E-state index in [-0.39, 0.29) is 11.8 Å². The number of carbonyl (C=O) groups is 1. The van der Waals surface area contributed by atoms with E-state index in [4.69, 9.17) is 4.74 Å². The molecule has 16 heavy (non-hydrogen) atoms. The molecule has 1 unspecified atom stereocenters.